The van der Waals surface area contributed by atoms with E-state index in [1.54, 1.807) is 0 Å². The van der Waals surface area contributed by atoms with E-state index in [9.17, 15) is 0 Å². The lowest BCUT2D eigenvalue weighted by atomic mass is 9.78. The normalized spacial score (nSPS) is 18.5. The molecule has 0 amide bonds. The number of para-hydroxylation sites is 1. The molecule has 0 aromatic heterocycles. The van der Waals surface area contributed by atoms with E-state index in [0.717, 1.165) is 37.1 Å². The van der Waals surface area contributed by atoms with Gasteiger partial charge in [-0.15, -0.1) is 0 Å². The first-order valence-electron chi connectivity index (χ1n) is 11.5. The summed E-state index contributed by atoms with van der Waals surface area (Å²) in [6.07, 6.45) is 5.14. The minimum Gasteiger partial charge on any atom is -0.492 e. The van der Waals surface area contributed by atoms with Gasteiger partial charge in [-0.05, 0) is 79.5 Å². The van der Waals surface area contributed by atoms with Crippen molar-refractivity contribution >= 4 is 0 Å². The highest BCUT2D eigenvalue weighted by Crippen LogP contribution is 2.36. The summed E-state index contributed by atoms with van der Waals surface area (Å²) in [7, 11) is 0. The van der Waals surface area contributed by atoms with E-state index in [1.807, 2.05) is 48.5 Å². The number of rotatable bonds is 10. The van der Waals surface area contributed by atoms with E-state index >= 15 is 0 Å². The highest BCUT2D eigenvalue weighted by Gasteiger charge is 2.22. The maximum atomic E-state index is 5.93. The highest BCUT2D eigenvalue weighted by molar-refractivity contribution is 5.30. The van der Waals surface area contributed by atoms with Crippen molar-refractivity contribution in [3.05, 3.63) is 96.1 Å². The molecule has 0 bridgehead atoms. The largest absolute Gasteiger partial charge is 0.492 e. The number of nitrogens with one attached hydrogen (secondary N) is 1. The summed E-state index contributed by atoms with van der Waals surface area (Å²) < 4.78 is 11.7. The maximum Gasteiger partial charge on any atom is 0.119 e. The fraction of sp³-hybridized carbons (Fsp3) is 0.357. The van der Waals surface area contributed by atoms with Crippen LogP contribution in [0.1, 0.15) is 42.7 Å². The van der Waals surface area contributed by atoms with Crippen molar-refractivity contribution in [1.29, 1.82) is 0 Å². The summed E-state index contributed by atoms with van der Waals surface area (Å²) in [6.45, 7) is 3.34. The molecular weight excluding hydrogens is 382 g/mol. The van der Waals surface area contributed by atoms with Crippen molar-refractivity contribution in [2.45, 2.75) is 38.2 Å². The molecular formula is C28H33NO2. The molecule has 4 rings (SSSR count). The Bertz CT molecular complexity index is 872. The minimum atomic E-state index is 0.620. The monoisotopic (exact) mass is 415 g/mol. The molecule has 0 spiro atoms. The van der Waals surface area contributed by atoms with Crippen molar-refractivity contribution in [2.75, 3.05) is 19.7 Å². The molecule has 31 heavy (non-hydrogen) atoms. The van der Waals surface area contributed by atoms with Crippen LogP contribution in [0.4, 0.5) is 0 Å². The van der Waals surface area contributed by atoms with Gasteiger partial charge in [0.15, 0.2) is 0 Å². The Kier molecular flexibility index (Phi) is 8.01. The van der Waals surface area contributed by atoms with Gasteiger partial charge in [0.05, 0.1) is 0 Å². The van der Waals surface area contributed by atoms with E-state index < -0.39 is 0 Å². The third-order valence-electron chi connectivity index (χ3n) is 6.17. The summed E-state index contributed by atoms with van der Waals surface area (Å²) in [5.41, 5.74) is 2.65. The van der Waals surface area contributed by atoms with Crippen molar-refractivity contribution in [2.24, 2.45) is 5.92 Å². The van der Waals surface area contributed by atoms with E-state index in [4.69, 9.17) is 9.47 Å². The first-order valence-corrected chi connectivity index (χ1v) is 11.5. The molecule has 0 saturated heterocycles. The Morgan fingerprint density at radius 3 is 2.03 bits per heavy atom. The number of hydrogen-bond donors (Lipinski definition) is 1. The zero-order valence-electron chi connectivity index (χ0n) is 18.2. The molecule has 1 fully saturated rings. The molecule has 3 aromatic carbocycles. The van der Waals surface area contributed by atoms with Crippen molar-refractivity contribution in [3.63, 3.8) is 0 Å². The molecule has 3 nitrogen and oxygen atoms in total. The van der Waals surface area contributed by atoms with Gasteiger partial charge in [-0.25, -0.2) is 0 Å². The van der Waals surface area contributed by atoms with Crippen LogP contribution in [0.25, 0.3) is 0 Å². The van der Waals surface area contributed by atoms with Crippen LogP contribution >= 0.6 is 0 Å². The van der Waals surface area contributed by atoms with E-state index in [2.05, 4.69) is 41.7 Å². The zero-order chi connectivity index (χ0) is 21.1. The Hall–Kier alpha value is -2.78. The first kappa shape index (κ1) is 21.5. The van der Waals surface area contributed by atoms with Crippen LogP contribution in [0.2, 0.25) is 0 Å². The molecule has 3 heteroatoms. The second kappa shape index (κ2) is 11.6. The molecule has 1 saturated carbocycles. The fourth-order valence-electron chi connectivity index (χ4n) is 4.34. The summed E-state index contributed by atoms with van der Waals surface area (Å²) in [5.74, 6) is 3.35. The molecule has 0 unspecified atom stereocenters. The lowest BCUT2D eigenvalue weighted by Crippen LogP contribution is -2.29. The zero-order valence-corrected chi connectivity index (χ0v) is 18.2. The molecule has 0 radical (unpaired) electrons. The number of ether oxygens (including phenoxy) is 2. The van der Waals surface area contributed by atoms with Crippen molar-refractivity contribution < 1.29 is 9.47 Å². The lowest BCUT2D eigenvalue weighted by Gasteiger charge is -2.29. The molecule has 3 aromatic rings. The first-order chi connectivity index (χ1) is 15.4. The van der Waals surface area contributed by atoms with Gasteiger partial charge in [0, 0.05) is 6.54 Å². The third-order valence-corrected chi connectivity index (χ3v) is 6.17. The van der Waals surface area contributed by atoms with Crippen molar-refractivity contribution in [1.82, 2.24) is 5.32 Å². The predicted molar refractivity (Wildman–Crippen MR) is 127 cm³/mol. The van der Waals surface area contributed by atoms with Crippen molar-refractivity contribution in [3.8, 4) is 11.5 Å². The van der Waals surface area contributed by atoms with Gasteiger partial charge in [-0.3, -0.25) is 0 Å². The van der Waals surface area contributed by atoms with Crippen LogP contribution in [-0.4, -0.2) is 19.7 Å². The summed E-state index contributed by atoms with van der Waals surface area (Å²) in [6, 6.07) is 29.1. The predicted octanol–water partition coefficient (Wildman–Crippen LogP) is 6.21. The van der Waals surface area contributed by atoms with Crippen LogP contribution in [0, 0.1) is 5.92 Å². The molecule has 1 aliphatic carbocycles. The number of benzene rings is 3. The molecule has 162 valence electrons. The minimum absolute atomic E-state index is 0.620. The van der Waals surface area contributed by atoms with Crippen LogP contribution in [0.15, 0.2) is 84.9 Å². The van der Waals surface area contributed by atoms with Crippen LogP contribution in [-0.2, 0) is 6.61 Å². The molecule has 0 atom stereocenters. The third kappa shape index (κ3) is 6.86. The van der Waals surface area contributed by atoms with Gasteiger partial charge < -0.3 is 14.8 Å². The quantitative estimate of drug-likeness (QED) is 0.399. The van der Waals surface area contributed by atoms with E-state index in [0.29, 0.717) is 12.5 Å². The van der Waals surface area contributed by atoms with Gasteiger partial charge in [0.2, 0.25) is 0 Å². The van der Waals surface area contributed by atoms with Crippen LogP contribution in [0.3, 0.4) is 0 Å². The fourth-order valence-corrected chi connectivity index (χ4v) is 4.34. The standard InChI is InChI=1S/C28H33NO2/c1-3-7-24(8-4-1)22-31-28-17-15-26(16-18-28)25-13-11-23(12-14-25)21-29-19-20-30-27-9-5-2-6-10-27/h1-10,15-18,23,25,29H,11-14,19-22H2. The molecule has 1 aliphatic rings. The maximum absolute atomic E-state index is 5.93. The van der Waals surface area contributed by atoms with Gasteiger partial charge in [0.1, 0.15) is 24.7 Å². The average molecular weight is 416 g/mol. The van der Waals surface area contributed by atoms with Gasteiger partial charge >= 0.3 is 0 Å². The molecule has 0 aliphatic heterocycles. The topological polar surface area (TPSA) is 30.5 Å². The molecule has 1 N–H and O–H groups in total. The summed E-state index contributed by atoms with van der Waals surface area (Å²) in [4.78, 5) is 0. The number of hydrogen-bond acceptors (Lipinski definition) is 3. The molecule has 0 heterocycles. The SMILES string of the molecule is c1ccc(COc2ccc(C3CCC(CNCCOc4ccccc4)CC3)cc2)cc1. The smallest absolute Gasteiger partial charge is 0.119 e. The Balaban J connectivity index is 1.12. The average Bonchev–Trinajstić information content (AvgIpc) is 2.85. The summed E-state index contributed by atoms with van der Waals surface area (Å²) >= 11 is 0. The van der Waals surface area contributed by atoms with Crippen LogP contribution in [0.5, 0.6) is 11.5 Å². The summed E-state index contributed by atoms with van der Waals surface area (Å²) in [5, 5.41) is 3.57. The lowest BCUT2D eigenvalue weighted by molar-refractivity contribution is 0.285. The second-order valence-electron chi connectivity index (χ2n) is 8.43. The van der Waals surface area contributed by atoms with E-state index in [1.165, 1.54) is 36.8 Å². The van der Waals surface area contributed by atoms with Gasteiger partial charge in [-0.2, -0.15) is 0 Å². The van der Waals surface area contributed by atoms with Crippen LogP contribution < -0.4 is 14.8 Å². The van der Waals surface area contributed by atoms with Gasteiger partial charge in [-0.1, -0.05) is 60.7 Å². The Labute approximate surface area is 186 Å². The second-order valence-corrected chi connectivity index (χ2v) is 8.43. The highest BCUT2D eigenvalue weighted by atomic mass is 16.5. The van der Waals surface area contributed by atoms with E-state index in [-0.39, 0.29) is 0 Å². The van der Waals surface area contributed by atoms with Gasteiger partial charge in [0.25, 0.3) is 0 Å². The Morgan fingerprint density at radius 2 is 1.32 bits per heavy atom. The Morgan fingerprint density at radius 1 is 0.677 bits per heavy atom.